The molecule has 4 aromatic heterocycles. The predicted molar refractivity (Wildman–Crippen MR) is 148 cm³/mol. The van der Waals surface area contributed by atoms with Crippen LogP contribution in [0.5, 0.6) is 0 Å². The highest BCUT2D eigenvalue weighted by molar-refractivity contribution is 6.27. The Bertz CT molecular complexity index is 1930. The smallest absolute Gasteiger partial charge is 0.245 e. The van der Waals surface area contributed by atoms with Crippen LogP contribution in [-0.2, 0) is 0 Å². The van der Waals surface area contributed by atoms with Crippen molar-refractivity contribution in [1.29, 1.82) is 0 Å². The first-order valence-corrected chi connectivity index (χ1v) is 12.3. The van der Waals surface area contributed by atoms with Gasteiger partial charge in [0.25, 0.3) is 0 Å². The van der Waals surface area contributed by atoms with Crippen molar-refractivity contribution in [3.8, 4) is 45.7 Å². The molecule has 6 heteroatoms. The van der Waals surface area contributed by atoms with E-state index in [9.17, 15) is 0 Å². The molecule has 0 bridgehead atoms. The average molecular weight is 491 g/mol. The van der Waals surface area contributed by atoms with E-state index in [2.05, 4.69) is 58.5 Å². The van der Waals surface area contributed by atoms with Crippen molar-refractivity contribution >= 4 is 32.3 Å². The molecule has 0 saturated heterocycles. The molecule has 0 amide bonds. The molecule has 0 saturated carbocycles. The zero-order chi connectivity index (χ0) is 25.1. The quantitative estimate of drug-likeness (QED) is 0.233. The first kappa shape index (κ1) is 20.8. The molecule has 6 nitrogen and oxygen atoms in total. The molecule has 4 aromatic carbocycles. The Morgan fingerprint density at radius 3 is 1.34 bits per heavy atom. The zero-order valence-corrected chi connectivity index (χ0v) is 20.0. The van der Waals surface area contributed by atoms with Gasteiger partial charge in [0, 0.05) is 11.1 Å². The number of nitrogens with zero attached hydrogens (tertiary/aromatic N) is 4. The normalized spacial score (nSPS) is 11.7. The summed E-state index contributed by atoms with van der Waals surface area (Å²) in [7, 11) is 0. The third-order valence-electron chi connectivity index (χ3n) is 7.02. The SMILES string of the molecule is c1cc(-c2ncco2)nc(-c2ccc3ccc4c(-c5cccc(-c6ncco6)n5)ccc5ccc2c3c54)c1. The minimum atomic E-state index is 0.508. The van der Waals surface area contributed by atoms with Gasteiger partial charge in [-0.2, -0.15) is 0 Å². The Kier molecular flexibility index (Phi) is 4.42. The average Bonchev–Trinajstić information content (AvgIpc) is 3.71. The van der Waals surface area contributed by atoms with E-state index in [4.69, 9.17) is 18.8 Å². The highest BCUT2D eigenvalue weighted by atomic mass is 16.3. The highest BCUT2D eigenvalue weighted by Gasteiger charge is 2.17. The van der Waals surface area contributed by atoms with Crippen molar-refractivity contribution in [2.24, 2.45) is 0 Å². The molecule has 0 aliphatic rings. The van der Waals surface area contributed by atoms with Crippen LogP contribution >= 0.6 is 0 Å². The molecular weight excluding hydrogens is 472 g/mol. The Balaban J connectivity index is 1.36. The van der Waals surface area contributed by atoms with Gasteiger partial charge >= 0.3 is 0 Å². The molecule has 0 atom stereocenters. The van der Waals surface area contributed by atoms with E-state index < -0.39 is 0 Å². The highest BCUT2D eigenvalue weighted by Crippen LogP contribution is 2.42. The van der Waals surface area contributed by atoms with Crippen LogP contribution in [0.1, 0.15) is 0 Å². The van der Waals surface area contributed by atoms with Crippen molar-refractivity contribution in [3.63, 3.8) is 0 Å². The summed E-state index contributed by atoms with van der Waals surface area (Å²) in [6.07, 6.45) is 6.39. The number of rotatable bonds is 4. The van der Waals surface area contributed by atoms with Gasteiger partial charge in [-0.15, -0.1) is 0 Å². The van der Waals surface area contributed by atoms with E-state index in [1.807, 2.05) is 36.4 Å². The van der Waals surface area contributed by atoms with E-state index in [-0.39, 0.29) is 0 Å². The summed E-state index contributed by atoms with van der Waals surface area (Å²) >= 11 is 0. The van der Waals surface area contributed by atoms with E-state index >= 15 is 0 Å². The lowest BCUT2D eigenvalue weighted by atomic mass is 9.88. The van der Waals surface area contributed by atoms with Gasteiger partial charge in [-0.25, -0.2) is 19.9 Å². The van der Waals surface area contributed by atoms with Gasteiger partial charge in [0.15, 0.2) is 0 Å². The maximum atomic E-state index is 5.49. The van der Waals surface area contributed by atoms with Gasteiger partial charge in [0.05, 0.1) is 23.8 Å². The van der Waals surface area contributed by atoms with E-state index in [1.54, 1.807) is 24.9 Å². The molecule has 178 valence electrons. The third kappa shape index (κ3) is 3.14. The molecule has 0 unspecified atom stereocenters. The van der Waals surface area contributed by atoms with Gasteiger partial charge in [0.2, 0.25) is 11.8 Å². The molecule has 0 N–H and O–H groups in total. The van der Waals surface area contributed by atoms with Crippen LogP contribution in [0.15, 0.2) is 119 Å². The first-order valence-electron chi connectivity index (χ1n) is 12.3. The number of pyridine rings is 2. The van der Waals surface area contributed by atoms with Crippen LogP contribution < -0.4 is 0 Å². The Morgan fingerprint density at radius 2 is 0.895 bits per heavy atom. The molecular formula is C32H18N4O2. The third-order valence-corrected chi connectivity index (χ3v) is 7.02. The number of hydrogen-bond acceptors (Lipinski definition) is 6. The molecule has 0 radical (unpaired) electrons. The minimum absolute atomic E-state index is 0.508. The largest absolute Gasteiger partial charge is 0.443 e. The number of oxazole rings is 2. The molecule has 8 aromatic rings. The summed E-state index contributed by atoms with van der Waals surface area (Å²) in [5, 5.41) is 7.10. The van der Waals surface area contributed by atoms with E-state index in [0.717, 1.165) is 33.3 Å². The number of benzene rings is 4. The van der Waals surface area contributed by atoms with Crippen molar-refractivity contribution in [1.82, 2.24) is 19.9 Å². The van der Waals surface area contributed by atoms with Crippen LogP contribution in [0.3, 0.4) is 0 Å². The summed E-state index contributed by atoms with van der Waals surface area (Å²) in [5.74, 6) is 1.02. The van der Waals surface area contributed by atoms with Crippen molar-refractivity contribution < 1.29 is 8.83 Å². The lowest BCUT2D eigenvalue weighted by molar-refractivity contribution is 0.572. The van der Waals surface area contributed by atoms with Gasteiger partial charge in [0.1, 0.15) is 23.9 Å². The second-order valence-corrected chi connectivity index (χ2v) is 9.14. The van der Waals surface area contributed by atoms with Gasteiger partial charge < -0.3 is 8.83 Å². The first-order chi connectivity index (χ1) is 18.8. The molecule has 4 heterocycles. The molecule has 0 spiro atoms. The second kappa shape index (κ2) is 8.08. The Morgan fingerprint density at radius 1 is 0.447 bits per heavy atom. The van der Waals surface area contributed by atoms with E-state index in [0.29, 0.717) is 23.2 Å². The van der Waals surface area contributed by atoms with Gasteiger partial charge in [-0.3, -0.25) is 0 Å². The Labute approximate surface area is 216 Å². The summed E-state index contributed by atoms with van der Waals surface area (Å²) in [6, 6.07) is 29.3. The predicted octanol–water partition coefficient (Wildman–Crippen LogP) is 8.02. The minimum Gasteiger partial charge on any atom is -0.443 e. The fourth-order valence-corrected chi connectivity index (χ4v) is 5.36. The maximum Gasteiger partial charge on any atom is 0.245 e. The lowest BCUT2D eigenvalue weighted by Crippen LogP contribution is -1.93. The molecule has 38 heavy (non-hydrogen) atoms. The van der Waals surface area contributed by atoms with Crippen LogP contribution in [0, 0.1) is 0 Å². The summed E-state index contributed by atoms with van der Waals surface area (Å²) in [5.41, 5.74) is 5.29. The van der Waals surface area contributed by atoms with Gasteiger partial charge in [-0.1, -0.05) is 60.7 Å². The maximum absolute atomic E-state index is 5.49. The summed E-state index contributed by atoms with van der Waals surface area (Å²) in [6.45, 7) is 0. The molecule has 0 fully saturated rings. The fourth-order valence-electron chi connectivity index (χ4n) is 5.36. The van der Waals surface area contributed by atoms with Crippen molar-refractivity contribution in [2.75, 3.05) is 0 Å². The summed E-state index contributed by atoms with van der Waals surface area (Å²) in [4.78, 5) is 18.3. The van der Waals surface area contributed by atoms with Crippen LogP contribution in [0.2, 0.25) is 0 Å². The van der Waals surface area contributed by atoms with Crippen LogP contribution in [0.25, 0.3) is 78.0 Å². The van der Waals surface area contributed by atoms with Gasteiger partial charge in [-0.05, 0) is 56.6 Å². The standard InChI is InChI=1S/C32H18N4O2/c1-3-25(35-27(5-1)31-33-15-17-37-31)21-11-7-19-10-14-24-22(12-8-20-9-13-23(21)29(19)30(20)24)26-4-2-6-28(36-26)32-34-16-18-38-32/h1-18H. The molecule has 8 rings (SSSR count). The number of hydrogen-bond donors (Lipinski definition) is 0. The van der Waals surface area contributed by atoms with Crippen molar-refractivity contribution in [3.05, 3.63) is 110 Å². The lowest BCUT2D eigenvalue weighted by Gasteiger charge is -2.16. The second-order valence-electron chi connectivity index (χ2n) is 9.14. The van der Waals surface area contributed by atoms with Crippen LogP contribution in [-0.4, -0.2) is 19.9 Å². The molecule has 0 aliphatic carbocycles. The van der Waals surface area contributed by atoms with Crippen molar-refractivity contribution in [2.45, 2.75) is 0 Å². The monoisotopic (exact) mass is 490 g/mol. The number of aromatic nitrogens is 4. The van der Waals surface area contributed by atoms with Crippen LogP contribution in [0.4, 0.5) is 0 Å². The van der Waals surface area contributed by atoms with E-state index in [1.165, 1.54) is 21.5 Å². The topological polar surface area (TPSA) is 77.8 Å². The fraction of sp³-hybridized carbons (Fsp3) is 0. The summed E-state index contributed by atoms with van der Waals surface area (Å²) < 4.78 is 11.0. The molecule has 0 aliphatic heterocycles. The Hall–Kier alpha value is -5.36. The zero-order valence-electron chi connectivity index (χ0n) is 20.0.